The molecular weight excluding hydrogens is 135 g/mol. The zero-order chi connectivity index (χ0) is 7.44. The standard InChI is InChI=1S/C7H9FS/c1-4-6(8)7(9)5(2)3/h4,9H,1-2H2,3H3/b7-6-. The molecule has 0 aromatic rings. The monoisotopic (exact) mass is 144 g/mol. The first-order valence-electron chi connectivity index (χ1n) is 2.46. The van der Waals surface area contributed by atoms with Crippen LogP contribution in [-0.2, 0) is 0 Å². The minimum atomic E-state index is -0.425. The smallest absolute Gasteiger partial charge is 0.136 e. The maximum absolute atomic E-state index is 12.4. The molecule has 9 heavy (non-hydrogen) atoms. The van der Waals surface area contributed by atoms with Crippen molar-refractivity contribution in [1.29, 1.82) is 0 Å². The van der Waals surface area contributed by atoms with E-state index < -0.39 is 5.83 Å². The fourth-order valence-electron chi connectivity index (χ4n) is 0.301. The molecule has 0 fully saturated rings. The van der Waals surface area contributed by atoms with Crippen LogP contribution in [0.2, 0.25) is 0 Å². The van der Waals surface area contributed by atoms with Gasteiger partial charge in [-0.25, -0.2) is 4.39 Å². The van der Waals surface area contributed by atoms with Gasteiger partial charge in [-0.1, -0.05) is 13.2 Å². The van der Waals surface area contributed by atoms with Gasteiger partial charge < -0.3 is 0 Å². The minimum absolute atomic E-state index is 0.269. The molecule has 0 heterocycles. The maximum atomic E-state index is 12.4. The molecule has 0 N–H and O–H groups in total. The van der Waals surface area contributed by atoms with Crippen molar-refractivity contribution >= 4 is 12.6 Å². The highest BCUT2D eigenvalue weighted by Gasteiger charge is 1.96. The minimum Gasteiger partial charge on any atom is -0.206 e. The largest absolute Gasteiger partial charge is 0.206 e. The Balaban J connectivity index is 4.47. The predicted octanol–water partition coefficient (Wildman–Crippen LogP) is 2.86. The fraction of sp³-hybridized carbons (Fsp3) is 0.143. The average Bonchev–Trinajstić information content (AvgIpc) is 1.84. The maximum Gasteiger partial charge on any atom is 0.136 e. The lowest BCUT2D eigenvalue weighted by Crippen LogP contribution is -1.75. The van der Waals surface area contributed by atoms with Crippen molar-refractivity contribution in [1.82, 2.24) is 0 Å². The van der Waals surface area contributed by atoms with Crippen molar-refractivity contribution < 1.29 is 4.39 Å². The zero-order valence-electron chi connectivity index (χ0n) is 5.32. The Kier molecular flexibility index (Phi) is 3.32. The summed E-state index contributed by atoms with van der Waals surface area (Å²) in [6.07, 6.45) is 1.11. The summed E-state index contributed by atoms with van der Waals surface area (Å²) in [4.78, 5) is 0.269. The van der Waals surface area contributed by atoms with Crippen LogP contribution >= 0.6 is 12.6 Å². The molecule has 0 atom stereocenters. The average molecular weight is 144 g/mol. The van der Waals surface area contributed by atoms with Gasteiger partial charge in [-0.2, -0.15) is 0 Å². The van der Waals surface area contributed by atoms with E-state index in [2.05, 4.69) is 25.8 Å². The van der Waals surface area contributed by atoms with Crippen LogP contribution in [-0.4, -0.2) is 0 Å². The summed E-state index contributed by atoms with van der Waals surface area (Å²) in [5.74, 6) is -0.425. The van der Waals surface area contributed by atoms with Crippen molar-refractivity contribution in [3.05, 3.63) is 35.5 Å². The van der Waals surface area contributed by atoms with Crippen LogP contribution in [0.3, 0.4) is 0 Å². The van der Waals surface area contributed by atoms with Crippen molar-refractivity contribution in [3.63, 3.8) is 0 Å². The topological polar surface area (TPSA) is 0 Å². The molecule has 50 valence electrons. The molecule has 0 saturated heterocycles. The molecule has 2 heteroatoms. The van der Waals surface area contributed by atoms with E-state index in [1.54, 1.807) is 6.92 Å². The second-order valence-electron chi connectivity index (χ2n) is 1.68. The Labute approximate surface area is 60.2 Å². The van der Waals surface area contributed by atoms with Crippen LogP contribution in [0, 0.1) is 0 Å². The Bertz CT molecular complexity index is 168. The van der Waals surface area contributed by atoms with E-state index >= 15 is 0 Å². The van der Waals surface area contributed by atoms with E-state index in [9.17, 15) is 4.39 Å². The van der Waals surface area contributed by atoms with E-state index in [0.717, 1.165) is 6.08 Å². The van der Waals surface area contributed by atoms with Gasteiger partial charge in [0.05, 0.1) is 0 Å². The molecule has 0 aliphatic carbocycles. The van der Waals surface area contributed by atoms with Gasteiger partial charge in [-0.15, -0.1) is 12.6 Å². The normalized spacial score (nSPS) is 12.3. The van der Waals surface area contributed by atoms with Gasteiger partial charge in [0.25, 0.3) is 0 Å². The van der Waals surface area contributed by atoms with E-state index in [0.29, 0.717) is 5.57 Å². The summed E-state index contributed by atoms with van der Waals surface area (Å²) in [5, 5.41) is 0. The molecule has 0 unspecified atom stereocenters. The van der Waals surface area contributed by atoms with E-state index in [1.807, 2.05) is 0 Å². The lowest BCUT2D eigenvalue weighted by atomic mass is 10.3. The van der Waals surface area contributed by atoms with Crippen LogP contribution in [0.1, 0.15) is 6.92 Å². The number of rotatable bonds is 2. The van der Waals surface area contributed by atoms with Gasteiger partial charge in [0.15, 0.2) is 0 Å². The van der Waals surface area contributed by atoms with E-state index in [4.69, 9.17) is 0 Å². The van der Waals surface area contributed by atoms with Crippen LogP contribution < -0.4 is 0 Å². The second-order valence-corrected chi connectivity index (χ2v) is 2.13. The van der Waals surface area contributed by atoms with Crippen molar-refractivity contribution in [3.8, 4) is 0 Å². The summed E-state index contributed by atoms with van der Waals surface area (Å²) < 4.78 is 12.4. The molecule has 0 aromatic carbocycles. The third-order valence-electron chi connectivity index (χ3n) is 0.810. The number of thiol groups is 1. The van der Waals surface area contributed by atoms with Crippen molar-refractivity contribution in [2.24, 2.45) is 0 Å². The third kappa shape index (κ3) is 2.51. The van der Waals surface area contributed by atoms with Gasteiger partial charge in [0, 0.05) is 4.91 Å². The molecule has 0 radical (unpaired) electrons. The molecule has 0 aliphatic rings. The van der Waals surface area contributed by atoms with Gasteiger partial charge in [0.2, 0.25) is 0 Å². The van der Waals surface area contributed by atoms with Crippen molar-refractivity contribution in [2.45, 2.75) is 6.92 Å². The first-order valence-corrected chi connectivity index (χ1v) is 2.91. The number of halogens is 1. The molecular formula is C7H9FS. The SMILES string of the molecule is C=C/C(F)=C(/S)C(=C)C. The second kappa shape index (κ2) is 3.51. The Morgan fingerprint density at radius 1 is 1.67 bits per heavy atom. The first-order chi connectivity index (χ1) is 4.09. The Morgan fingerprint density at radius 3 is 2.22 bits per heavy atom. The van der Waals surface area contributed by atoms with E-state index in [-0.39, 0.29) is 4.91 Å². The van der Waals surface area contributed by atoms with Gasteiger partial charge in [0.1, 0.15) is 5.83 Å². The molecule has 0 aromatic heterocycles. The molecule has 0 spiro atoms. The van der Waals surface area contributed by atoms with Crippen LogP contribution in [0.5, 0.6) is 0 Å². The number of hydrogen-bond donors (Lipinski definition) is 1. The lowest BCUT2D eigenvalue weighted by molar-refractivity contribution is 0.664. The summed E-state index contributed by atoms with van der Waals surface area (Å²) in [5.41, 5.74) is 0.607. The summed E-state index contributed by atoms with van der Waals surface area (Å²) in [7, 11) is 0. The highest BCUT2D eigenvalue weighted by atomic mass is 32.1. The Hall–Kier alpha value is -0.500. The summed E-state index contributed by atoms with van der Waals surface area (Å²) >= 11 is 3.83. The molecule has 0 aliphatic heterocycles. The summed E-state index contributed by atoms with van der Waals surface area (Å²) in [6.45, 7) is 8.43. The van der Waals surface area contributed by atoms with E-state index in [1.165, 1.54) is 0 Å². The lowest BCUT2D eigenvalue weighted by Gasteiger charge is -1.95. The molecule has 0 nitrogen and oxygen atoms in total. The Morgan fingerprint density at radius 2 is 2.11 bits per heavy atom. The van der Waals surface area contributed by atoms with Crippen LogP contribution in [0.4, 0.5) is 4.39 Å². The molecule has 0 bridgehead atoms. The summed E-state index contributed by atoms with van der Waals surface area (Å²) in [6, 6.07) is 0. The third-order valence-corrected chi connectivity index (χ3v) is 1.41. The number of allylic oxidation sites excluding steroid dienone is 3. The highest BCUT2D eigenvalue weighted by Crippen LogP contribution is 2.17. The molecule has 0 amide bonds. The highest BCUT2D eigenvalue weighted by molar-refractivity contribution is 7.84. The molecule has 0 saturated carbocycles. The molecule has 0 rings (SSSR count). The zero-order valence-corrected chi connectivity index (χ0v) is 6.21. The predicted molar refractivity (Wildman–Crippen MR) is 42.1 cm³/mol. The van der Waals surface area contributed by atoms with Gasteiger partial charge in [-0.05, 0) is 18.6 Å². The van der Waals surface area contributed by atoms with Crippen LogP contribution in [0.25, 0.3) is 0 Å². The quantitative estimate of drug-likeness (QED) is 0.447. The van der Waals surface area contributed by atoms with Gasteiger partial charge >= 0.3 is 0 Å². The number of hydrogen-bond acceptors (Lipinski definition) is 1. The van der Waals surface area contributed by atoms with Crippen LogP contribution in [0.15, 0.2) is 35.5 Å². The van der Waals surface area contributed by atoms with Gasteiger partial charge in [-0.3, -0.25) is 0 Å². The first kappa shape index (κ1) is 8.50. The van der Waals surface area contributed by atoms with Crippen molar-refractivity contribution in [2.75, 3.05) is 0 Å². The fourth-order valence-corrected chi connectivity index (χ4v) is 0.392.